The zero-order valence-electron chi connectivity index (χ0n) is 17.7. The van der Waals surface area contributed by atoms with E-state index in [1.165, 1.54) is 0 Å². The number of piperazine rings is 1. The molecule has 0 unspecified atom stereocenters. The second-order valence-electron chi connectivity index (χ2n) is 7.66. The molecule has 6 nitrogen and oxygen atoms in total. The maximum atomic E-state index is 12.6. The van der Waals surface area contributed by atoms with E-state index in [-0.39, 0.29) is 24.8 Å². The van der Waals surface area contributed by atoms with Gasteiger partial charge in [-0.2, -0.15) is 0 Å². The van der Waals surface area contributed by atoms with E-state index >= 15 is 0 Å². The summed E-state index contributed by atoms with van der Waals surface area (Å²) < 4.78 is 5.29. The molecule has 3 aromatic rings. The zero-order valence-corrected chi connectivity index (χ0v) is 17.7. The molecule has 1 aliphatic rings. The van der Waals surface area contributed by atoms with E-state index in [2.05, 4.69) is 10.2 Å². The smallest absolute Gasteiger partial charge is 0.242 e. The summed E-state index contributed by atoms with van der Waals surface area (Å²) in [6, 6.07) is 21.9. The highest BCUT2D eigenvalue weighted by molar-refractivity contribution is 5.91. The molecule has 160 valence electrons. The Balaban J connectivity index is 1.27. The van der Waals surface area contributed by atoms with E-state index in [0.717, 1.165) is 40.9 Å². The summed E-state index contributed by atoms with van der Waals surface area (Å²) in [5, 5.41) is 4.97. The molecule has 1 heterocycles. The standard InChI is InChI=1S/C25H27N3O3/c1-31-22-10-5-9-21(17-22)27-12-14-28(15-13-27)25(30)18-26-24(29)16-20-8-4-7-19-6-2-3-11-23(19)20/h2-11,17H,12-16,18H2,1H3,(H,26,29). The van der Waals surface area contributed by atoms with Gasteiger partial charge in [0.1, 0.15) is 5.75 Å². The highest BCUT2D eigenvalue weighted by atomic mass is 16.5. The van der Waals surface area contributed by atoms with Crippen molar-refractivity contribution >= 4 is 28.3 Å². The van der Waals surface area contributed by atoms with Crippen LogP contribution in [-0.2, 0) is 16.0 Å². The van der Waals surface area contributed by atoms with Gasteiger partial charge in [0.25, 0.3) is 0 Å². The van der Waals surface area contributed by atoms with Crippen LogP contribution in [0.4, 0.5) is 5.69 Å². The molecule has 0 atom stereocenters. The number of nitrogens with zero attached hydrogens (tertiary/aromatic N) is 2. The average molecular weight is 418 g/mol. The third-order valence-corrected chi connectivity index (χ3v) is 5.72. The summed E-state index contributed by atoms with van der Waals surface area (Å²) in [6.45, 7) is 2.80. The fraction of sp³-hybridized carbons (Fsp3) is 0.280. The van der Waals surface area contributed by atoms with Crippen LogP contribution in [0.1, 0.15) is 5.56 Å². The largest absolute Gasteiger partial charge is 0.497 e. The van der Waals surface area contributed by atoms with E-state index in [1.807, 2.05) is 71.6 Å². The molecule has 1 saturated heterocycles. The van der Waals surface area contributed by atoms with Crippen LogP contribution in [0.15, 0.2) is 66.7 Å². The van der Waals surface area contributed by atoms with Crippen molar-refractivity contribution < 1.29 is 14.3 Å². The fourth-order valence-corrected chi connectivity index (χ4v) is 3.99. The highest BCUT2D eigenvalue weighted by Crippen LogP contribution is 2.22. The summed E-state index contributed by atoms with van der Waals surface area (Å²) in [7, 11) is 1.66. The number of ether oxygens (including phenoxy) is 1. The fourth-order valence-electron chi connectivity index (χ4n) is 3.99. The summed E-state index contributed by atoms with van der Waals surface area (Å²) in [5.74, 6) is 0.640. The molecular formula is C25H27N3O3. The van der Waals surface area contributed by atoms with Gasteiger partial charge in [-0.15, -0.1) is 0 Å². The number of carbonyl (C=O) groups is 2. The predicted octanol–water partition coefficient (Wildman–Crippen LogP) is 2.86. The molecule has 0 aromatic heterocycles. The van der Waals surface area contributed by atoms with Crippen LogP contribution in [0.2, 0.25) is 0 Å². The molecule has 31 heavy (non-hydrogen) atoms. The molecule has 1 fully saturated rings. The molecule has 0 radical (unpaired) electrons. The van der Waals surface area contributed by atoms with Crippen molar-refractivity contribution in [1.82, 2.24) is 10.2 Å². The molecule has 4 rings (SSSR count). The number of rotatable bonds is 6. The summed E-state index contributed by atoms with van der Waals surface area (Å²) in [5.41, 5.74) is 2.06. The Labute approximate surface area is 182 Å². The lowest BCUT2D eigenvalue weighted by molar-refractivity contribution is -0.133. The monoisotopic (exact) mass is 417 g/mol. The number of nitrogens with one attached hydrogen (secondary N) is 1. The van der Waals surface area contributed by atoms with E-state index in [4.69, 9.17) is 4.74 Å². The van der Waals surface area contributed by atoms with Gasteiger partial charge >= 0.3 is 0 Å². The number of hydrogen-bond donors (Lipinski definition) is 1. The van der Waals surface area contributed by atoms with Crippen LogP contribution in [-0.4, -0.2) is 56.5 Å². The minimum Gasteiger partial charge on any atom is -0.497 e. The number of amides is 2. The molecule has 0 spiro atoms. The first kappa shape index (κ1) is 20.7. The van der Waals surface area contributed by atoms with Crippen LogP contribution in [0.3, 0.4) is 0 Å². The van der Waals surface area contributed by atoms with Crippen LogP contribution in [0.25, 0.3) is 10.8 Å². The number of hydrogen-bond acceptors (Lipinski definition) is 4. The van der Waals surface area contributed by atoms with Gasteiger partial charge in [-0.3, -0.25) is 9.59 Å². The molecule has 0 aliphatic carbocycles. The number of benzene rings is 3. The molecule has 0 bridgehead atoms. The Morgan fingerprint density at radius 3 is 2.48 bits per heavy atom. The first-order valence-corrected chi connectivity index (χ1v) is 10.5. The third-order valence-electron chi connectivity index (χ3n) is 5.72. The van der Waals surface area contributed by atoms with Gasteiger partial charge in [-0.1, -0.05) is 48.5 Å². The summed E-state index contributed by atoms with van der Waals surface area (Å²) >= 11 is 0. The SMILES string of the molecule is COc1cccc(N2CCN(C(=O)CNC(=O)Cc3cccc4ccccc34)CC2)c1. The Morgan fingerprint density at radius 1 is 0.935 bits per heavy atom. The normalized spacial score (nSPS) is 13.8. The minimum absolute atomic E-state index is 0.0305. The second-order valence-corrected chi connectivity index (χ2v) is 7.66. The first-order chi connectivity index (χ1) is 15.1. The quantitative estimate of drug-likeness (QED) is 0.670. The van der Waals surface area contributed by atoms with E-state index < -0.39 is 0 Å². The van der Waals surface area contributed by atoms with Crippen molar-refractivity contribution in [3.8, 4) is 5.75 Å². The van der Waals surface area contributed by atoms with E-state index in [0.29, 0.717) is 13.1 Å². The second kappa shape index (κ2) is 9.51. The van der Waals surface area contributed by atoms with Gasteiger partial charge in [0, 0.05) is 37.9 Å². The Kier molecular flexibility index (Phi) is 6.36. The molecular weight excluding hydrogens is 390 g/mol. The number of fused-ring (bicyclic) bond motifs is 1. The third kappa shape index (κ3) is 4.97. The summed E-state index contributed by atoms with van der Waals surface area (Å²) in [6.07, 6.45) is 0.262. The number of methoxy groups -OCH3 is 1. The lowest BCUT2D eigenvalue weighted by Gasteiger charge is -2.36. The van der Waals surface area contributed by atoms with Crippen LogP contribution < -0.4 is 15.0 Å². The Morgan fingerprint density at radius 2 is 1.68 bits per heavy atom. The van der Waals surface area contributed by atoms with Crippen molar-refractivity contribution in [1.29, 1.82) is 0 Å². The van der Waals surface area contributed by atoms with Crippen LogP contribution >= 0.6 is 0 Å². The number of carbonyl (C=O) groups excluding carboxylic acids is 2. The predicted molar refractivity (Wildman–Crippen MR) is 122 cm³/mol. The van der Waals surface area contributed by atoms with Gasteiger partial charge in [-0.05, 0) is 28.5 Å². The Hall–Kier alpha value is -3.54. The van der Waals surface area contributed by atoms with Gasteiger partial charge in [0.2, 0.25) is 11.8 Å². The van der Waals surface area contributed by atoms with Gasteiger partial charge in [-0.25, -0.2) is 0 Å². The van der Waals surface area contributed by atoms with Gasteiger partial charge < -0.3 is 19.9 Å². The first-order valence-electron chi connectivity index (χ1n) is 10.5. The zero-order chi connectivity index (χ0) is 21.6. The number of anilines is 1. The summed E-state index contributed by atoms with van der Waals surface area (Å²) in [4.78, 5) is 29.1. The molecule has 0 saturated carbocycles. The maximum absolute atomic E-state index is 12.6. The lowest BCUT2D eigenvalue weighted by atomic mass is 10.0. The highest BCUT2D eigenvalue weighted by Gasteiger charge is 2.22. The van der Waals surface area contributed by atoms with Gasteiger partial charge in [0.05, 0.1) is 20.1 Å². The van der Waals surface area contributed by atoms with Crippen molar-refractivity contribution in [2.45, 2.75) is 6.42 Å². The molecule has 6 heteroatoms. The molecule has 3 aromatic carbocycles. The van der Waals surface area contributed by atoms with Crippen molar-refractivity contribution in [3.63, 3.8) is 0 Å². The van der Waals surface area contributed by atoms with Crippen LogP contribution in [0, 0.1) is 0 Å². The topological polar surface area (TPSA) is 61.9 Å². The van der Waals surface area contributed by atoms with Crippen molar-refractivity contribution in [2.24, 2.45) is 0 Å². The molecule has 2 amide bonds. The van der Waals surface area contributed by atoms with Crippen molar-refractivity contribution in [3.05, 3.63) is 72.3 Å². The maximum Gasteiger partial charge on any atom is 0.242 e. The average Bonchev–Trinajstić information content (AvgIpc) is 2.83. The lowest BCUT2D eigenvalue weighted by Crippen LogP contribution is -2.51. The van der Waals surface area contributed by atoms with Crippen molar-refractivity contribution in [2.75, 3.05) is 44.7 Å². The molecule has 1 aliphatic heterocycles. The van der Waals surface area contributed by atoms with E-state index in [9.17, 15) is 9.59 Å². The minimum atomic E-state index is -0.139. The van der Waals surface area contributed by atoms with Gasteiger partial charge in [0.15, 0.2) is 0 Å². The van der Waals surface area contributed by atoms with Crippen LogP contribution in [0.5, 0.6) is 5.75 Å². The molecule has 1 N–H and O–H groups in total. The van der Waals surface area contributed by atoms with E-state index in [1.54, 1.807) is 7.11 Å². The Bertz CT molecular complexity index is 1070.